The Balaban J connectivity index is 1.44. The third kappa shape index (κ3) is 4.02. The van der Waals surface area contributed by atoms with Crippen LogP contribution in [0.15, 0.2) is 48.5 Å². The van der Waals surface area contributed by atoms with Crippen molar-refractivity contribution in [1.82, 2.24) is 15.0 Å². The summed E-state index contributed by atoms with van der Waals surface area (Å²) in [5, 5.41) is 38.8. The molecule has 0 amide bonds. The van der Waals surface area contributed by atoms with Crippen LogP contribution in [0.3, 0.4) is 0 Å². The molecule has 2 aromatic carbocycles. The van der Waals surface area contributed by atoms with E-state index >= 15 is 0 Å². The number of aliphatic hydroxyl groups excluding tert-OH is 1. The Morgan fingerprint density at radius 1 is 1.05 bits per heavy atom. The van der Waals surface area contributed by atoms with Crippen LogP contribution in [0.5, 0.6) is 5.75 Å². The molecule has 198 valence electrons. The average molecular weight is 546 g/mol. The summed E-state index contributed by atoms with van der Waals surface area (Å²) in [6, 6.07) is 13.0. The van der Waals surface area contributed by atoms with E-state index in [-0.39, 0.29) is 23.9 Å². The van der Waals surface area contributed by atoms with Crippen LogP contribution in [0.1, 0.15) is 18.5 Å². The maximum atomic E-state index is 12.9. The van der Waals surface area contributed by atoms with Crippen LogP contribution in [-0.4, -0.2) is 54.1 Å². The fourth-order valence-electron chi connectivity index (χ4n) is 5.14. The van der Waals surface area contributed by atoms with Gasteiger partial charge < -0.3 is 30.7 Å². The number of aromatic nitrogens is 3. The molecule has 4 atom stereocenters. The second-order valence-corrected chi connectivity index (χ2v) is 10.4. The molecular formula is C25H22F3N5O4S. The van der Waals surface area contributed by atoms with Crippen molar-refractivity contribution in [2.45, 2.75) is 43.6 Å². The molecule has 9 nitrogen and oxygen atoms in total. The molecule has 2 saturated carbocycles. The molecule has 0 radical (unpaired) electrons. The summed E-state index contributed by atoms with van der Waals surface area (Å²) in [4.78, 5) is 13.6. The van der Waals surface area contributed by atoms with E-state index in [1.54, 1.807) is 6.92 Å². The van der Waals surface area contributed by atoms with E-state index in [2.05, 4.69) is 30.3 Å². The molecule has 4 aromatic rings. The molecule has 2 heterocycles. The SMILES string of the molecule is Cc1nc(Nc2ccccc2OC(F)(F)F)nc(N[C@@]2(O)CC[C@@H]3C(O)[C@@]32O)c1-c1nc2ccccc2s1. The van der Waals surface area contributed by atoms with Crippen molar-refractivity contribution in [2.24, 2.45) is 5.92 Å². The zero-order chi connectivity index (χ0) is 26.9. The number of ether oxygens (including phenoxy) is 1. The Hall–Kier alpha value is -3.52. The van der Waals surface area contributed by atoms with Gasteiger partial charge >= 0.3 is 6.36 Å². The highest BCUT2D eigenvalue weighted by Crippen LogP contribution is 2.61. The summed E-state index contributed by atoms with van der Waals surface area (Å²) in [5.41, 5.74) is -2.06. The number of alkyl halides is 3. The number of benzene rings is 2. The highest BCUT2D eigenvalue weighted by atomic mass is 32.1. The lowest BCUT2D eigenvalue weighted by Crippen LogP contribution is -2.51. The number of anilines is 3. The van der Waals surface area contributed by atoms with Gasteiger partial charge in [0.05, 0.1) is 33.3 Å². The van der Waals surface area contributed by atoms with Gasteiger partial charge in [0.2, 0.25) is 5.95 Å². The largest absolute Gasteiger partial charge is 0.573 e. The quantitative estimate of drug-likeness (QED) is 0.225. The number of halogens is 3. The summed E-state index contributed by atoms with van der Waals surface area (Å²) in [7, 11) is 0. The number of thiazole rings is 1. The molecular weight excluding hydrogens is 523 g/mol. The van der Waals surface area contributed by atoms with E-state index in [1.807, 2.05) is 24.3 Å². The maximum absolute atomic E-state index is 12.9. The normalized spacial score (nSPS) is 26.3. The lowest BCUT2D eigenvalue weighted by molar-refractivity contribution is -0.274. The third-order valence-corrected chi connectivity index (χ3v) is 8.10. The van der Waals surface area contributed by atoms with Crippen molar-refractivity contribution in [2.75, 3.05) is 10.6 Å². The number of para-hydroxylation sites is 3. The minimum Gasteiger partial charge on any atom is -0.404 e. The van der Waals surface area contributed by atoms with Crippen molar-refractivity contribution in [3.63, 3.8) is 0 Å². The number of nitrogens with zero attached hydrogens (tertiary/aromatic N) is 3. The predicted molar refractivity (Wildman–Crippen MR) is 134 cm³/mol. The Morgan fingerprint density at radius 3 is 2.50 bits per heavy atom. The first-order valence-corrected chi connectivity index (χ1v) is 12.6. The van der Waals surface area contributed by atoms with Gasteiger partial charge in [-0.1, -0.05) is 24.3 Å². The molecule has 2 fully saturated rings. The number of fused-ring (bicyclic) bond motifs is 2. The van der Waals surface area contributed by atoms with Gasteiger partial charge in [0.15, 0.2) is 11.5 Å². The maximum Gasteiger partial charge on any atom is 0.573 e. The molecule has 2 aromatic heterocycles. The van der Waals surface area contributed by atoms with Gasteiger partial charge in [0.25, 0.3) is 0 Å². The average Bonchev–Trinajstić information content (AvgIpc) is 3.12. The van der Waals surface area contributed by atoms with E-state index in [9.17, 15) is 28.5 Å². The first-order valence-electron chi connectivity index (χ1n) is 11.8. The van der Waals surface area contributed by atoms with Gasteiger partial charge in [0.1, 0.15) is 16.4 Å². The van der Waals surface area contributed by atoms with E-state index in [0.717, 1.165) is 16.3 Å². The summed E-state index contributed by atoms with van der Waals surface area (Å²) in [6.07, 6.45) is -5.44. The van der Waals surface area contributed by atoms with E-state index < -0.39 is 35.5 Å². The lowest BCUT2D eigenvalue weighted by atomic mass is 10.0. The molecule has 2 aliphatic rings. The van der Waals surface area contributed by atoms with E-state index in [0.29, 0.717) is 22.7 Å². The van der Waals surface area contributed by atoms with Crippen molar-refractivity contribution >= 4 is 39.0 Å². The minimum atomic E-state index is -4.90. The molecule has 13 heteroatoms. The van der Waals surface area contributed by atoms with Crippen LogP contribution in [0.2, 0.25) is 0 Å². The predicted octanol–water partition coefficient (Wildman–Crippen LogP) is 4.32. The number of aliphatic hydroxyl groups is 3. The molecule has 0 aliphatic heterocycles. The van der Waals surface area contributed by atoms with Gasteiger partial charge in [-0.3, -0.25) is 0 Å². The molecule has 0 bridgehead atoms. The Labute approximate surface area is 218 Å². The molecule has 38 heavy (non-hydrogen) atoms. The fraction of sp³-hybridized carbons (Fsp3) is 0.320. The van der Waals surface area contributed by atoms with Crippen LogP contribution in [-0.2, 0) is 0 Å². The van der Waals surface area contributed by atoms with E-state index in [4.69, 9.17) is 0 Å². The number of aryl methyl sites for hydroxylation is 1. The molecule has 6 rings (SSSR count). The zero-order valence-electron chi connectivity index (χ0n) is 19.8. The lowest BCUT2D eigenvalue weighted by Gasteiger charge is -2.33. The highest BCUT2D eigenvalue weighted by Gasteiger charge is 2.78. The van der Waals surface area contributed by atoms with Gasteiger partial charge in [0, 0.05) is 5.92 Å². The van der Waals surface area contributed by atoms with Gasteiger partial charge in [-0.15, -0.1) is 24.5 Å². The van der Waals surface area contributed by atoms with Crippen LogP contribution < -0.4 is 15.4 Å². The zero-order valence-corrected chi connectivity index (χ0v) is 20.6. The first kappa shape index (κ1) is 24.8. The summed E-state index contributed by atoms with van der Waals surface area (Å²) >= 11 is 1.37. The minimum absolute atomic E-state index is 0.0289. The van der Waals surface area contributed by atoms with Crippen molar-refractivity contribution in [1.29, 1.82) is 0 Å². The standard InChI is InChI=1S/C25H22F3N5O4S/c1-12-18(21-30-15-7-3-5-9-17(15)38-21)20(33-23(35)11-10-13-19(34)24(13,23)36)32-22(29-12)31-14-6-2-4-8-16(14)37-25(26,27)28/h2-9,13,19,34-36H,10-11H2,1H3,(H2,29,31,32,33)/t13-,19?,23-,24+/m1/s1. The van der Waals surface area contributed by atoms with Crippen molar-refractivity contribution < 1.29 is 33.2 Å². The van der Waals surface area contributed by atoms with Crippen LogP contribution in [0.25, 0.3) is 20.8 Å². The number of hydrogen-bond donors (Lipinski definition) is 5. The van der Waals surface area contributed by atoms with Gasteiger partial charge in [-0.2, -0.15) is 4.98 Å². The fourth-order valence-corrected chi connectivity index (χ4v) is 6.20. The second kappa shape index (κ2) is 8.50. The van der Waals surface area contributed by atoms with Crippen LogP contribution in [0, 0.1) is 12.8 Å². The van der Waals surface area contributed by atoms with E-state index in [1.165, 1.54) is 29.5 Å². The van der Waals surface area contributed by atoms with Gasteiger partial charge in [-0.25, -0.2) is 9.97 Å². The number of rotatable bonds is 6. The number of nitrogens with one attached hydrogen (secondary N) is 2. The molecule has 2 aliphatic carbocycles. The smallest absolute Gasteiger partial charge is 0.404 e. The number of hydrogen-bond acceptors (Lipinski definition) is 10. The molecule has 5 N–H and O–H groups in total. The Kier molecular flexibility index (Phi) is 5.54. The summed E-state index contributed by atoms with van der Waals surface area (Å²) in [6.45, 7) is 1.68. The first-order chi connectivity index (χ1) is 18.0. The highest BCUT2D eigenvalue weighted by molar-refractivity contribution is 7.21. The van der Waals surface area contributed by atoms with Crippen molar-refractivity contribution in [3.05, 3.63) is 54.2 Å². The second-order valence-electron chi connectivity index (χ2n) is 9.41. The Bertz CT molecular complexity index is 1520. The van der Waals surface area contributed by atoms with Crippen LogP contribution >= 0.6 is 11.3 Å². The van der Waals surface area contributed by atoms with Gasteiger partial charge in [-0.05, 0) is 44.0 Å². The third-order valence-electron chi connectivity index (χ3n) is 7.05. The van der Waals surface area contributed by atoms with Crippen LogP contribution in [0.4, 0.5) is 30.6 Å². The molecule has 0 saturated heterocycles. The summed E-state index contributed by atoms with van der Waals surface area (Å²) < 4.78 is 43.8. The monoisotopic (exact) mass is 545 g/mol. The molecule has 1 unspecified atom stereocenters. The Morgan fingerprint density at radius 2 is 1.79 bits per heavy atom. The molecule has 0 spiro atoms. The summed E-state index contributed by atoms with van der Waals surface area (Å²) in [5.74, 6) is -0.921. The topological polar surface area (TPSA) is 133 Å². The van der Waals surface area contributed by atoms with Crippen molar-refractivity contribution in [3.8, 4) is 16.3 Å².